The summed E-state index contributed by atoms with van der Waals surface area (Å²) < 4.78 is 70.2. The molecule has 13 heteroatoms. The van der Waals surface area contributed by atoms with Crippen molar-refractivity contribution in [3.63, 3.8) is 0 Å². The molecule has 0 aliphatic carbocycles. The van der Waals surface area contributed by atoms with Gasteiger partial charge in [0.05, 0.1) is 15.9 Å². The van der Waals surface area contributed by atoms with Crippen LogP contribution in [0.1, 0.15) is 0 Å². The van der Waals surface area contributed by atoms with Gasteiger partial charge in [-0.3, -0.25) is 14.7 Å². The number of halogens is 2. The van der Waals surface area contributed by atoms with Crippen molar-refractivity contribution in [3.8, 4) is 11.1 Å². The van der Waals surface area contributed by atoms with Crippen molar-refractivity contribution in [2.75, 3.05) is 0 Å². The molecule has 0 atom stereocenters. The lowest BCUT2D eigenvalue weighted by Crippen LogP contribution is -2.16. The minimum absolute atomic E-state index is 0.305. The SMILES string of the molecule is NS(=O)(=O)c1cccc(S(=O)(=O)O)c1-c1c(F)cc([N+](=O)[O-])cc1Br. The monoisotopic (exact) mass is 454 g/mol. The summed E-state index contributed by atoms with van der Waals surface area (Å²) in [5.74, 6) is -1.29. The number of non-ortho nitro benzene ring substituents is 1. The van der Waals surface area contributed by atoms with Crippen LogP contribution in [0.4, 0.5) is 10.1 Å². The largest absolute Gasteiger partial charge is 0.295 e. The fourth-order valence-electron chi connectivity index (χ4n) is 2.11. The number of nitro groups is 1. The Morgan fingerprint density at radius 3 is 2.12 bits per heavy atom. The van der Waals surface area contributed by atoms with Crippen LogP contribution in [0.25, 0.3) is 11.1 Å². The normalized spacial score (nSPS) is 12.2. The van der Waals surface area contributed by atoms with Gasteiger partial charge in [-0.05, 0) is 28.1 Å². The van der Waals surface area contributed by atoms with Crippen LogP contribution in [-0.2, 0) is 20.1 Å². The lowest BCUT2D eigenvalue weighted by atomic mass is 10.0. The highest BCUT2D eigenvalue weighted by Crippen LogP contribution is 2.40. The van der Waals surface area contributed by atoms with E-state index in [4.69, 9.17) is 5.14 Å². The van der Waals surface area contributed by atoms with Crippen LogP contribution in [0, 0.1) is 15.9 Å². The van der Waals surface area contributed by atoms with Crippen molar-refractivity contribution in [3.05, 3.63) is 50.7 Å². The summed E-state index contributed by atoms with van der Waals surface area (Å²) in [5.41, 5.74) is -2.02. The Bertz CT molecular complexity index is 1030. The van der Waals surface area contributed by atoms with Crippen LogP contribution >= 0.6 is 15.9 Å². The Hall–Kier alpha value is -1.93. The molecule has 134 valence electrons. The highest BCUT2D eigenvalue weighted by Gasteiger charge is 2.29. The summed E-state index contributed by atoms with van der Waals surface area (Å²) in [7, 11) is -9.49. The second-order valence-electron chi connectivity index (χ2n) is 4.69. The first-order valence-electron chi connectivity index (χ1n) is 6.11. The Kier molecular flexibility index (Phi) is 4.98. The third kappa shape index (κ3) is 3.85. The molecule has 0 saturated carbocycles. The van der Waals surface area contributed by atoms with E-state index in [1.807, 2.05) is 0 Å². The average Bonchev–Trinajstić information content (AvgIpc) is 2.44. The third-order valence-corrected chi connectivity index (χ3v) is 5.53. The summed E-state index contributed by atoms with van der Waals surface area (Å²) in [6.07, 6.45) is 0. The maximum Gasteiger partial charge on any atom is 0.295 e. The molecular weight excluding hydrogens is 447 g/mol. The molecule has 0 fully saturated rings. The minimum atomic E-state index is -4.97. The molecule has 3 N–H and O–H groups in total. The first-order valence-corrected chi connectivity index (χ1v) is 9.89. The van der Waals surface area contributed by atoms with Crippen molar-refractivity contribution >= 4 is 41.8 Å². The van der Waals surface area contributed by atoms with Crippen LogP contribution < -0.4 is 5.14 Å². The van der Waals surface area contributed by atoms with Gasteiger partial charge in [0.15, 0.2) is 0 Å². The number of rotatable bonds is 4. The number of nitrogens with zero attached hydrogens (tertiary/aromatic N) is 1. The van der Waals surface area contributed by atoms with Gasteiger partial charge < -0.3 is 0 Å². The number of nitrogens with two attached hydrogens (primary N) is 1. The molecule has 0 radical (unpaired) electrons. The molecule has 0 aliphatic rings. The van der Waals surface area contributed by atoms with E-state index in [1.165, 1.54) is 0 Å². The van der Waals surface area contributed by atoms with Gasteiger partial charge in [0.25, 0.3) is 15.8 Å². The van der Waals surface area contributed by atoms with Gasteiger partial charge in [0.1, 0.15) is 10.7 Å². The summed E-state index contributed by atoms with van der Waals surface area (Å²) in [6.45, 7) is 0. The second kappa shape index (κ2) is 6.42. The maximum atomic E-state index is 14.4. The molecule has 0 spiro atoms. The van der Waals surface area contributed by atoms with E-state index in [9.17, 15) is 35.9 Å². The molecule has 0 bridgehead atoms. The van der Waals surface area contributed by atoms with Crippen LogP contribution in [0.15, 0.2) is 44.6 Å². The minimum Gasteiger partial charge on any atom is -0.282 e. The quantitative estimate of drug-likeness (QED) is 0.406. The van der Waals surface area contributed by atoms with Crippen LogP contribution in [0.5, 0.6) is 0 Å². The summed E-state index contributed by atoms with van der Waals surface area (Å²) in [6, 6.07) is 4.07. The van der Waals surface area contributed by atoms with Crippen LogP contribution in [0.3, 0.4) is 0 Å². The van der Waals surface area contributed by atoms with Crippen molar-refractivity contribution < 1.29 is 30.7 Å². The lowest BCUT2D eigenvalue weighted by molar-refractivity contribution is -0.385. The molecule has 0 heterocycles. The molecule has 9 nitrogen and oxygen atoms in total. The Morgan fingerprint density at radius 2 is 1.68 bits per heavy atom. The van der Waals surface area contributed by atoms with E-state index >= 15 is 0 Å². The maximum absolute atomic E-state index is 14.4. The molecule has 25 heavy (non-hydrogen) atoms. The van der Waals surface area contributed by atoms with Crippen LogP contribution in [-0.4, -0.2) is 26.3 Å². The molecule has 2 aromatic rings. The smallest absolute Gasteiger partial charge is 0.282 e. The predicted molar refractivity (Wildman–Crippen MR) is 87.4 cm³/mol. The van der Waals surface area contributed by atoms with Crippen molar-refractivity contribution in [1.29, 1.82) is 0 Å². The van der Waals surface area contributed by atoms with E-state index in [0.717, 1.165) is 24.3 Å². The Balaban J connectivity index is 3.04. The average molecular weight is 455 g/mol. The molecular formula is C12H8BrFN2O7S2. The van der Waals surface area contributed by atoms with Gasteiger partial charge in [-0.25, -0.2) is 17.9 Å². The summed E-state index contributed by atoms with van der Waals surface area (Å²) in [5, 5.41) is 15.8. The van der Waals surface area contributed by atoms with E-state index in [0.29, 0.717) is 6.07 Å². The summed E-state index contributed by atoms with van der Waals surface area (Å²) >= 11 is 2.85. The molecule has 0 unspecified atom stereocenters. The lowest BCUT2D eigenvalue weighted by Gasteiger charge is -2.14. The first-order chi connectivity index (χ1) is 11.3. The predicted octanol–water partition coefficient (Wildman–Crippen LogP) is 2.06. The topological polar surface area (TPSA) is 158 Å². The zero-order chi connectivity index (χ0) is 19.2. The van der Waals surface area contributed by atoms with E-state index in [-0.39, 0.29) is 4.47 Å². The van der Waals surface area contributed by atoms with E-state index in [2.05, 4.69) is 15.9 Å². The third-order valence-electron chi connectivity index (χ3n) is 3.06. The van der Waals surface area contributed by atoms with Crippen molar-refractivity contribution in [2.45, 2.75) is 9.79 Å². The van der Waals surface area contributed by atoms with Gasteiger partial charge in [0, 0.05) is 21.7 Å². The zero-order valence-electron chi connectivity index (χ0n) is 11.9. The Labute approximate surface area is 149 Å². The molecule has 2 rings (SSSR count). The van der Waals surface area contributed by atoms with Crippen molar-refractivity contribution in [2.24, 2.45) is 5.14 Å². The number of hydrogen-bond donors (Lipinski definition) is 2. The highest BCUT2D eigenvalue weighted by molar-refractivity contribution is 9.10. The van der Waals surface area contributed by atoms with Gasteiger partial charge in [-0.2, -0.15) is 8.42 Å². The molecule has 0 aromatic heterocycles. The van der Waals surface area contributed by atoms with Gasteiger partial charge in [0.2, 0.25) is 10.0 Å². The number of hydrogen-bond acceptors (Lipinski definition) is 6. The van der Waals surface area contributed by atoms with E-state index in [1.54, 1.807) is 0 Å². The fraction of sp³-hybridized carbons (Fsp3) is 0. The number of primary sulfonamides is 1. The van der Waals surface area contributed by atoms with Gasteiger partial charge in [-0.15, -0.1) is 0 Å². The number of benzene rings is 2. The molecule has 0 amide bonds. The molecule has 0 saturated heterocycles. The number of sulfonamides is 1. The van der Waals surface area contributed by atoms with Crippen molar-refractivity contribution in [1.82, 2.24) is 0 Å². The van der Waals surface area contributed by atoms with Crippen LogP contribution in [0.2, 0.25) is 0 Å². The standard InChI is InChI=1S/C12H8BrFN2O7S2/c13-7-4-6(16(17)18)5-8(14)11(7)12-9(24(15,19)20)2-1-3-10(12)25(21,22)23/h1-5H,(H2,15,19,20)(H,21,22,23). The highest BCUT2D eigenvalue weighted by atomic mass is 79.9. The van der Waals surface area contributed by atoms with Gasteiger partial charge in [-0.1, -0.05) is 6.07 Å². The first kappa shape index (κ1) is 19.4. The molecule has 2 aromatic carbocycles. The summed E-state index contributed by atoms with van der Waals surface area (Å²) in [4.78, 5) is 8.17. The van der Waals surface area contributed by atoms with Gasteiger partial charge >= 0.3 is 0 Å². The number of nitro benzene ring substituents is 1. The Morgan fingerprint density at radius 1 is 1.12 bits per heavy atom. The van der Waals surface area contributed by atoms with E-state index < -0.39 is 57.5 Å². The zero-order valence-corrected chi connectivity index (χ0v) is 15.1. The second-order valence-corrected chi connectivity index (χ2v) is 8.47. The fourth-order valence-corrected chi connectivity index (χ4v) is 4.29. The molecule has 0 aliphatic heterocycles.